The summed E-state index contributed by atoms with van der Waals surface area (Å²) in [6.07, 6.45) is 1.08. The van der Waals surface area contributed by atoms with Crippen molar-refractivity contribution < 1.29 is 45.3 Å². The van der Waals surface area contributed by atoms with Gasteiger partial charge in [0.05, 0.1) is 0 Å². The van der Waals surface area contributed by atoms with Crippen LogP contribution in [0.2, 0.25) is 0 Å². The van der Waals surface area contributed by atoms with Gasteiger partial charge in [-0.2, -0.15) is 0 Å². The third kappa shape index (κ3) is 11.7. The molecule has 0 aromatic heterocycles. The van der Waals surface area contributed by atoms with Crippen molar-refractivity contribution in [1.29, 1.82) is 0 Å². The first kappa shape index (κ1) is 16.1. The Bertz CT molecular complexity index is 213. The number of hydrogen-bond acceptors (Lipinski definition) is 4. The standard InChI is InChI=1S/C9H14O4.Zr/c1-7(10)4-3-5-9(12)13-6-8(2)11;/h3-6H2,1-2H3;. The van der Waals surface area contributed by atoms with Gasteiger partial charge in [-0.3, -0.25) is 9.59 Å². The fourth-order valence-corrected chi connectivity index (χ4v) is 0.736. The molecule has 0 heterocycles. The minimum Gasteiger partial charge on any atom is -0.458 e. The van der Waals surface area contributed by atoms with Gasteiger partial charge >= 0.3 is 5.97 Å². The summed E-state index contributed by atoms with van der Waals surface area (Å²) >= 11 is 0. The normalized spacial score (nSPS) is 8.71. The van der Waals surface area contributed by atoms with E-state index >= 15 is 0 Å². The summed E-state index contributed by atoms with van der Waals surface area (Å²) in [6.45, 7) is 2.66. The Labute approximate surface area is 103 Å². The Morgan fingerprint density at radius 1 is 1.00 bits per heavy atom. The monoisotopic (exact) mass is 276 g/mol. The number of esters is 1. The molecule has 0 bridgehead atoms. The van der Waals surface area contributed by atoms with E-state index in [0.717, 1.165) is 0 Å². The van der Waals surface area contributed by atoms with Crippen LogP contribution in [-0.2, 0) is 45.3 Å². The van der Waals surface area contributed by atoms with Crippen LogP contribution in [0, 0.1) is 0 Å². The van der Waals surface area contributed by atoms with E-state index in [1.54, 1.807) is 0 Å². The van der Waals surface area contributed by atoms with Crippen molar-refractivity contribution in [3.63, 3.8) is 0 Å². The molecule has 0 saturated carbocycles. The summed E-state index contributed by atoms with van der Waals surface area (Å²) in [4.78, 5) is 31.7. The van der Waals surface area contributed by atoms with Crippen LogP contribution in [-0.4, -0.2) is 24.1 Å². The summed E-state index contributed by atoms with van der Waals surface area (Å²) in [6, 6.07) is 0. The maximum Gasteiger partial charge on any atom is 0.306 e. The van der Waals surface area contributed by atoms with E-state index in [1.165, 1.54) is 13.8 Å². The van der Waals surface area contributed by atoms with Crippen molar-refractivity contribution in [2.45, 2.75) is 33.1 Å². The minimum atomic E-state index is -0.420. The zero-order valence-electron chi connectivity index (χ0n) is 8.46. The predicted octanol–water partition coefficient (Wildman–Crippen LogP) is 0.875. The van der Waals surface area contributed by atoms with Crippen LogP contribution in [0.4, 0.5) is 0 Å². The molecule has 0 aromatic rings. The number of carbonyl (C=O) groups is 3. The number of hydrogen-bond donors (Lipinski definition) is 0. The van der Waals surface area contributed by atoms with E-state index in [2.05, 4.69) is 4.74 Å². The van der Waals surface area contributed by atoms with Gasteiger partial charge in [0.2, 0.25) is 0 Å². The van der Waals surface area contributed by atoms with E-state index in [9.17, 15) is 14.4 Å². The molecule has 0 N–H and O–H groups in total. The molecule has 0 aromatic carbocycles. The first-order valence-corrected chi connectivity index (χ1v) is 4.17. The van der Waals surface area contributed by atoms with Gasteiger partial charge in [0.25, 0.3) is 0 Å². The number of ketones is 2. The second kappa shape index (κ2) is 9.26. The molecule has 0 amide bonds. The van der Waals surface area contributed by atoms with Crippen LogP contribution >= 0.6 is 0 Å². The van der Waals surface area contributed by atoms with Crippen molar-refractivity contribution in [3.05, 3.63) is 0 Å². The van der Waals surface area contributed by atoms with Crippen LogP contribution in [0.15, 0.2) is 0 Å². The van der Waals surface area contributed by atoms with E-state index in [4.69, 9.17) is 0 Å². The van der Waals surface area contributed by atoms with E-state index < -0.39 is 5.97 Å². The van der Waals surface area contributed by atoms with Crippen molar-refractivity contribution in [3.8, 4) is 0 Å². The molecule has 78 valence electrons. The van der Waals surface area contributed by atoms with Crippen molar-refractivity contribution >= 4 is 17.5 Å². The van der Waals surface area contributed by atoms with Gasteiger partial charge < -0.3 is 9.53 Å². The van der Waals surface area contributed by atoms with Crippen LogP contribution in [0.25, 0.3) is 0 Å². The first-order valence-electron chi connectivity index (χ1n) is 4.17. The van der Waals surface area contributed by atoms with Gasteiger partial charge in [-0.05, 0) is 20.3 Å². The fraction of sp³-hybridized carbons (Fsp3) is 0.667. The summed E-state index contributed by atoms with van der Waals surface area (Å²) in [5.74, 6) is -0.546. The molecule has 0 spiro atoms. The molecule has 5 heteroatoms. The maximum absolute atomic E-state index is 10.8. The average Bonchev–Trinajstić information content (AvgIpc) is 2.00. The van der Waals surface area contributed by atoms with Crippen molar-refractivity contribution in [2.75, 3.05) is 6.61 Å². The second-order valence-electron chi connectivity index (χ2n) is 2.92. The Balaban J connectivity index is 0. The van der Waals surface area contributed by atoms with Gasteiger partial charge in [0, 0.05) is 39.0 Å². The Hall–Kier alpha value is -0.307. The Kier molecular flexibility index (Phi) is 10.7. The average molecular weight is 277 g/mol. The van der Waals surface area contributed by atoms with Gasteiger partial charge in [-0.25, -0.2) is 0 Å². The molecule has 0 rings (SSSR count). The summed E-state index contributed by atoms with van der Waals surface area (Å²) in [5.41, 5.74) is 0. The fourth-order valence-electron chi connectivity index (χ4n) is 0.736. The number of carbonyl (C=O) groups excluding carboxylic acids is 3. The molecule has 0 atom stereocenters. The van der Waals surface area contributed by atoms with Gasteiger partial charge in [-0.1, -0.05) is 0 Å². The molecule has 14 heavy (non-hydrogen) atoms. The third-order valence-corrected chi connectivity index (χ3v) is 1.35. The van der Waals surface area contributed by atoms with Crippen molar-refractivity contribution in [2.24, 2.45) is 0 Å². The first-order chi connectivity index (χ1) is 6.02. The molecular weight excluding hydrogens is 263 g/mol. The number of rotatable bonds is 6. The van der Waals surface area contributed by atoms with Crippen LogP contribution in [0.5, 0.6) is 0 Å². The van der Waals surface area contributed by atoms with Crippen LogP contribution < -0.4 is 0 Å². The van der Waals surface area contributed by atoms with E-state index in [-0.39, 0.29) is 50.8 Å². The van der Waals surface area contributed by atoms with Gasteiger partial charge in [-0.15, -0.1) is 0 Å². The van der Waals surface area contributed by atoms with E-state index in [0.29, 0.717) is 12.8 Å². The molecule has 0 aliphatic rings. The van der Waals surface area contributed by atoms with E-state index in [1.807, 2.05) is 0 Å². The number of ether oxygens (including phenoxy) is 1. The van der Waals surface area contributed by atoms with Crippen LogP contribution in [0.3, 0.4) is 0 Å². The molecule has 0 unspecified atom stereocenters. The predicted molar refractivity (Wildman–Crippen MR) is 46.2 cm³/mol. The molecule has 4 nitrogen and oxygen atoms in total. The molecule has 0 fully saturated rings. The smallest absolute Gasteiger partial charge is 0.306 e. The topological polar surface area (TPSA) is 60.4 Å². The molecule has 0 radical (unpaired) electrons. The van der Waals surface area contributed by atoms with Gasteiger partial charge in [0.1, 0.15) is 12.4 Å². The maximum atomic E-state index is 10.8. The van der Waals surface area contributed by atoms with Gasteiger partial charge in [0.15, 0.2) is 5.78 Å². The third-order valence-electron chi connectivity index (χ3n) is 1.35. The zero-order chi connectivity index (χ0) is 10.3. The zero-order valence-corrected chi connectivity index (χ0v) is 10.9. The second-order valence-corrected chi connectivity index (χ2v) is 2.92. The SMILES string of the molecule is CC(=O)CCCC(=O)OCC(C)=O.[Zr]. The molecule has 0 aliphatic carbocycles. The van der Waals surface area contributed by atoms with Crippen LogP contribution in [0.1, 0.15) is 33.1 Å². The molecular formula is C9H14O4Zr. The summed E-state index contributed by atoms with van der Waals surface area (Å²) in [7, 11) is 0. The summed E-state index contributed by atoms with van der Waals surface area (Å²) in [5, 5.41) is 0. The molecule has 0 aliphatic heterocycles. The Morgan fingerprint density at radius 3 is 2.00 bits per heavy atom. The summed E-state index contributed by atoms with van der Waals surface area (Å²) < 4.78 is 4.59. The minimum absolute atomic E-state index is 0. The Morgan fingerprint density at radius 2 is 1.57 bits per heavy atom. The van der Waals surface area contributed by atoms with Crippen molar-refractivity contribution in [1.82, 2.24) is 0 Å². The molecule has 0 saturated heterocycles. The number of Topliss-reactive ketones (excluding diaryl/α,β-unsaturated/α-hetero) is 2. The quantitative estimate of drug-likeness (QED) is 0.676. The largest absolute Gasteiger partial charge is 0.458 e.